The largest absolute Gasteiger partial charge is 0.493 e. The summed E-state index contributed by atoms with van der Waals surface area (Å²) in [5.41, 5.74) is 7.17. The molecule has 0 aliphatic heterocycles. The number of nitrogens with one attached hydrogen (secondary N) is 1. The Bertz CT molecular complexity index is 497. The lowest BCUT2D eigenvalue weighted by atomic mass is 10.2. The molecule has 0 fully saturated rings. The van der Waals surface area contributed by atoms with Gasteiger partial charge in [-0.3, -0.25) is 0 Å². The Morgan fingerprint density at radius 2 is 2.26 bits per heavy atom. The molecule has 1 aromatic rings. The highest BCUT2D eigenvalue weighted by Gasteiger charge is 2.15. The zero-order valence-electron chi connectivity index (χ0n) is 9.69. The summed E-state index contributed by atoms with van der Waals surface area (Å²) in [5.74, 6) is -0.271. The lowest BCUT2D eigenvalue weighted by Gasteiger charge is -2.12. The molecular weight excluding hydrogens is 284 g/mol. The minimum Gasteiger partial charge on any atom is -0.493 e. The molecule has 0 saturated carbocycles. The molecule has 0 unspecified atom stereocenters. The van der Waals surface area contributed by atoms with Crippen molar-refractivity contribution in [1.29, 1.82) is 0 Å². The summed E-state index contributed by atoms with van der Waals surface area (Å²) in [6, 6.07) is 1.83. The maximum Gasteiger partial charge on any atom is 0.387 e. The molecule has 104 valence electrons. The Hall–Kier alpha value is -2.09. The molecule has 2 amide bonds. The van der Waals surface area contributed by atoms with E-state index in [4.69, 9.17) is 22.1 Å². The lowest BCUT2D eigenvalue weighted by molar-refractivity contribution is -0.0511. The molecule has 3 N–H and O–H groups in total. The van der Waals surface area contributed by atoms with Gasteiger partial charge in [0.15, 0.2) is 11.5 Å². The first-order chi connectivity index (χ1) is 8.93. The van der Waals surface area contributed by atoms with Crippen molar-refractivity contribution in [1.82, 2.24) is 5.43 Å². The van der Waals surface area contributed by atoms with Crippen LogP contribution in [0.1, 0.15) is 5.56 Å². The van der Waals surface area contributed by atoms with Crippen LogP contribution in [0.15, 0.2) is 17.2 Å². The SMILES string of the molecule is COc1cc(/C=N\NC(N)=O)cc(Cl)c1OC(F)F. The van der Waals surface area contributed by atoms with Crippen molar-refractivity contribution in [2.45, 2.75) is 6.61 Å². The average molecular weight is 294 g/mol. The van der Waals surface area contributed by atoms with Crippen LogP contribution in [0.3, 0.4) is 0 Å². The molecule has 1 rings (SSSR count). The van der Waals surface area contributed by atoms with Gasteiger partial charge in [0.05, 0.1) is 18.3 Å². The number of hydrogen-bond donors (Lipinski definition) is 2. The number of carbonyl (C=O) groups is 1. The van der Waals surface area contributed by atoms with Gasteiger partial charge in [-0.15, -0.1) is 0 Å². The molecule has 0 aromatic heterocycles. The molecule has 19 heavy (non-hydrogen) atoms. The minimum absolute atomic E-state index is 0.00771. The molecule has 1 aromatic carbocycles. The number of carbonyl (C=O) groups excluding carboxylic acids is 1. The number of halogens is 3. The Morgan fingerprint density at radius 3 is 2.79 bits per heavy atom. The van der Waals surface area contributed by atoms with Gasteiger partial charge < -0.3 is 15.2 Å². The van der Waals surface area contributed by atoms with Crippen LogP contribution < -0.4 is 20.6 Å². The summed E-state index contributed by atoms with van der Waals surface area (Å²) in [6.45, 7) is -3.03. The van der Waals surface area contributed by atoms with E-state index in [1.54, 1.807) is 0 Å². The molecule has 0 radical (unpaired) electrons. The third kappa shape index (κ3) is 4.59. The molecule has 0 aliphatic carbocycles. The van der Waals surface area contributed by atoms with Crippen LogP contribution >= 0.6 is 11.6 Å². The Labute approximate surface area is 112 Å². The number of methoxy groups -OCH3 is 1. The fraction of sp³-hybridized carbons (Fsp3) is 0.200. The summed E-state index contributed by atoms with van der Waals surface area (Å²) in [6.07, 6.45) is 1.21. The highest BCUT2D eigenvalue weighted by molar-refractivity contribution is 6.32. The second kappa shape index (κ2) is 6.74. The van der Waals surface area contributed by atoms with Gasteiger partial charge in [0.2, 0.25) is 0 Å². The van der Waals surface area contributed by atoms with E-state index in [9.17, 15) is 13.6 Å². The van der Waals surface area contributed by atoms with Crippen molar-refractivity contribution in [2.75, 3.05) is 7.11 Å². The number of rotatable bonds is 5. The van der Waals surface area contributed by atoms with Gasteiger partial charge in [-0.1, -0.05) is 11.6 Å². The molecule has 0 saturated heterocycles. The van der Waals surface area contributed by atoms with Gasteiger partial charge in [-0.2, -0.15) is 13.9 Å². The number of ether oxygens (including phenoxy) is 2. The summed E-state index contributed by atoms with van der Waals surface area (Å²) >= 11 is 5.79. The molecule has 9 heteroatoms. The molecule has 0 bridgehead atoms. The number of hydrazone groups is 1. The number of nitrogens with two attached hydrogens (primary N) is 1. The first-order valence-electron chi connectivity index (χ1n) is 4.85. The normalized spacial score (nSPS) is 10.8. The van der Waals surface area contributed by atoms with Crippen molar-refractivity contribution in [2.24, 2.45) is 10.8 Å². The second-order valence-electron chi connectivity index (χ2n) is 3.15. The number of benzene rings is 1. The first-order valence-corrected chi connectivity index (χ1v) is 5.22. The van der Waals surface area contributed by atoms with Crippen LogP contribution in [0.4, 0.5) is 13.6 Å². The van der Waals surface area contributed by atoms with Gasteiger partial charge in [0, 0.05) is 0 Å². The van der Waals surface area contributed by atoms with Gasteiger partial charge in [0.25, 0.3) is 0 Å². The van der Waals surface area contributed by atoms with Crippen LogP contribution in [-0.2, 0) is 0 Å². The highest BCUT2D eigenvalue weighted by Crippen LogP contribution is 2.36. The van der Waals surface area contributed by atoms with E-state index in [1.807, 2.05) is 5.43 Å². The maximum absolute atomic E-state index is 12.2. The van der Waals surface area contributed by atoms with Gasteiger partial charge in [0.1, 0.15) is 0 Å². The Kier molecular flexibility index (Phi) is 5.31. The number of nitrogens with zero attached hydrogens (tertiary/aromatic N) is 1. The van der Waals surface area contributed by atoms with E-state index in [1.165, 1.54) is 25.5 Å². The maximum atomic E-state index is 12.2. The van der Waals surface area contributed by atoms with E-state index in [0.29, 0.717) is 5.56 Å². The Morgan fingerprint density at radius 1 is 1.58 bits per heavy atom. The third-order valence-electron chi connectivity index (χ3n) is 1.85. The zero-order chi connectivity index (χ0) is 14.4. The monoisotopic (exact) mass is 293 g/mol. The number of amides is 2. The van der Waals surface area contributed by atoms with Crippen LogP contribution in [-0.4, -0.2) is 26.0 Å². The topological polar surface area (TPSA) is 85.9 Å². The quantitative estimate of drug-likeness (QED) is 0.642. The van der Waals surface area contributed by atoms with Crippen molar-refractivity contribution < 1.29 is 23.0 Å². The van der Waals surface area contributed by atoms with Crippen LogP contribution in [0.25, 0.3) is 0 Å². The summed E-state index contributed by atoms with van der Waals surface area (Å²) in [4.78, 5) is 10.4. The highest BCUT2D eigenvalue weighted by atomic mass is 35.5. The van der Waals surface area contributed by atoms with E-state index in [2.05, 4.69) is 9.84 Å². The fourth-order valence-electron chi connectivity index (χ4n) is 1.19. The van der Waals surface area contributed by atoms with Crippen LogP contribution in [0.2, 0.25) is 5.02 Å². The molecule has 6 nitrogen and oxygen atoms in total. The van der Waals surface area contributed by atoms with Gasteiger partial charge >= 0.3 is 12.6 Å². The number of alkyl halides is 2. The standard InChI is InChI=1S/C10H10ClF2N3O3/c1-18-7-3-5(4-15-16-10(14)17)2-6(11)8(7)19-9(12)13/h2-4,9H,1H3,(H3,14,16,17)/b15-4-. The molecular formula is C10H10ClF2N3O3. The van der Waals surface area contributed by atoms with Crippen molar-refractivity contribution in [3.8, 4) is 11.5 Å². The lowest BCUT2D eigenvalue weighted by Crippen LogP contribution is -2.24. The summed E-state index contributed by atoms with van der Waals surface area (Å²) in [5, 5.41) is 3.41. The Balaban J connectivity index is 3.01. The average Bonchev–Trinajstić information content (AvgIpc) is 2.31. The molecule has 0 aliphatic rings. The van der Waals surface area contributed by atoms with E-state index in [0.717, 1.165) is 0 Å². The van der Waals surface area contributed by atoms with E-state index < -0.39 is 12.6 Å². The molecule has 0 atom stereocenters. The van der Waals surface area contributed by atoms with Crippen LogP contribution in [0.5, 0.6) is 11.5 Å². The van der Waals surface area contributed by atoms with Crippen molar-refractivity contribution in [3.63, 3.8) is 0 Å². The number of hydrogen-bond acceptors (Lipinski definition) is 4. The predicted octanol–water partition coefficient (Wildman–Crippen LogP) is 1.95. The third-order valence-corrected chi connectivity index (χ3v) is 2.13. The van der Waals surface area contributed by atoms with Crippen LogP contribution in [0, 0.1) is 0 Å². The number of primary amides is 1. The molecule has 0 spiro atoms. The predicted molar refractivity (Wildman–Crippen MR) is 64.9 cm³/mol. The number of urea groups is 1. The van der Waals surface area contributed by atoms with Crippen molar-refractivity contribution >= 4 is 23.8 Å². The summed E-state index contributed by atoms with van der Waals surface area (Å²) < 4.78 is 33.5. The van der Waals surface area contributed by atoms with Gasteiger partial charge in [-0.05, 0) is 17.7 Å². The van der Waals surface area contributed by atoms with Gasteiger partial charge in [-0.25, -0.2) is 10.2 Å². The minimum atomic E-state index is -3.03. The second-order valence-corrected chi connectivity index (χ2v) is 3.55. The van der Waals surface area contributed by atoms with E-state index in [-0.39, 0.29) is 16.5 Å². The zero-order valence-corrected chi connectivity index (χ0v) is 10.4. The van der Waals surface area contributed by atoms with E-state index >= 15 is 0 Å². The summed E-state index contributed by atoms with van der Waals surface area (Å²) in [7, 11) is 1.27. The smallest absolute Gasteiger partial charge is 0.387 e. The fourth-order valence-corrected chi connectivity index (χ4v) is 1.45. The first kappa shape index (κ1) is 15.0. The van der Waals surface area contributed by atoms with Crippen molar-refractivity contribution in [3.05, 3.63) is 22.7 Å². The molecule has 0 heterocycles.